The molecule has 0 fully saturated rings. The third-order valence-corrected chi connectivity index (χ3v) is 5.36. The zero-order valence-corrected chi connectivity index (χ0v) is 15.2. The molecule has 2 aromatic rings. The van der Waals surface area contributed by atoms with Crippen LogP contribution in [0.2, 0.25) is 5.02 Å². The Morgan fingerprint density at radius 2 is 1.92 bits per heavy atom. The summed E-state index contributed by atoms with van der Waals surface area (Å²) in [7, 11) is -4.43. The summed E-state index contributed by atoms with van der Waals surface area (Å²) >= 11 is 5.92. The molecule has 0 radical (unpaired) electrons. The molecule has 2 aromatic carbocycles. The summed E-state index contributed by atoms with van der Waals surface area (Å²) in [5.41, 5.74) is -0.507. The minimum atomic E-state index is -4.43. The van der Waals surface area contributed by atoms with Crippen molar-refractivity contribution < 1.29 is 22.9 Å². The molecule has 0 saturated heterocycles. The number of ether oxygens (including phenoxy) is 1. The maximum Gasteiger partial charge on any atom is 0.326 e. The van der Waals surface area contributed by atoms with Crippen LogP contribution in [0.3, 0.4) is 0 Å². The summed E-state index contributed by atoms with van der Waals surface area (Å²) in [6.45, 7) is 0.995. The number of hydrogen-bond acceptors (Lipinski definition) is 6. The first-order chi connectivity index (χ1) is 12.3. The topological polar surface area (TPSA) is 107 Å². The van der Waals surface area contributed by atoms with E-state index in [9.17, 15) is 23.3 Å². The average Bonchev–Trinajstić information content (AvgIpc) is 2.59. The predicted molar refractivity (Wildman–Crippen MR) is 95.7 cm³/mol. The number of hydrogen-bond donors (Lipinski definition) is 0. The number of carbonyl (C=O) groups is 1. The van der Waals surface area contributed by atoms with Gasteiger partial charge in [-0.1, -0.05) is 29.8 Å². The van der Waals surface area contributed by atoms with E-state index in [1.54, 1.807) is 6.92 Å². The predicted octanol–water partition coefficient (Wildman–Crippen LogP) is 3.01. The summed E-state index contributed by atoms with van der Waals surface area (Å²) in [4.78, 5) is 21.8. The molecule has 0 bridgehead atoms. The Labute approximate surface area is 155 Å². The molecule has 0 aliphatic carbocycles. The maximum absolute atomic E-state index is 13.1. The maximum atomic E-state index is 13.1. The number of nitro benzene ring substituents is 1. The second-order valence-electron chi connectivity index (χ2n) is 5.02. The second kappa shape index (κ2) is 8.15. The molecule has 10 heteroatoms. The number of rotatable bonds is 7. The summed E-state index contributed by atoms with van der Waals surface area (Å²) in [6, 6.07) is 10.7. The highest BCUT2D eigenvalue weighted by molar-refractivity contribution is 7.93. The molecule has 0 saturated carbocycles. The number of para-hydroxylation sites is 1. The van der Waals surface area contributed by atoms with Crippen molar-refractivity contribution in [3.63, 3.8) is 0 Å². The van der Waals surface area contributed by atoms with Crippen molar-refractivity contribution >= 4 is 39.0 Å². The number of halogens is 1. The van der Waals surface area contributed by atoms with Gasteiger partial charge in [-0.2, -0.15) is 0 Å². The summed E-state index contributed by atoms with van der Waals surface area (Å²) in [5, 5.41) is 11.5. The molecule has 0 heterocycles. The molecule has 0 N–H and O–H groups in total. The van der Waals surface area contributed by atoms with Crippen LogP contribution in [-0.4, -0.2) is 32.5 Å². The molecular weight excluding hydrogens is 384 g/mol. The van der Waals surface area contributed by atoms with Crippen LogP contribution in [0.15, 0.2) is 53.4 Å². The number of anilines is 1. The van der Waals surface area contributed by atoms with Crippen molar-refractivity contribution in [2.45, 2.75) is 11.8 Å². The van der Waals surface area contributed by atoms with Gasteiger partial charge in [-0.15, -0.1) is 0 Å². The normalized spacial score (nSPS) is 11.0. The Balaban J connectivity index is 2.60. The summed E-state index contributed by atoms with van der Waals surface area (Å²) < 4.78 is 31.7. The zero-order valence-electron chi connectivity index (χ0n) is 13.7. The van der Waals surface area contributed by atoms with Crippen LogP contribution in [0.25, 0.3) is 0 Å². The van der Waals surface area contributed by atoms with Crippen molar-refractivity contribution in [3.05, 3.63) is 63.7 Å². The largest absolute Gasteiger partial charge is 0.465 e. The van der Waals surface area contributed by atoms with Gasteiger partial charge in [-0.05, 0) is 31.2 Å². The number of benzene rings is 2. The first kappa shape index (κ1) is 19.7. The Morgan fingerprint density at radius 1 is 1.23 bits per heavy atom. The zero-order chi connectivity index (χ0) is 19.3. The third kappa shape index (κ3) is 4.30. The third-order valence-electron chi connectivity index (χ3n) is 3.30. The van der Waals surface area contributed by atoms with Gasteiger partial charge in [0.25, 0.3) is 15.7 Å². The lowest BCUT2D eigenvalue weighted by molar-refractivity contribution is -0.387. The highest BCUT2D eigenvalue weighted by Crippen LogP contribution is 2.30. The van der Waals surface area contributed by atoms with Crippen molar-refractivity contribution in [3.8, 4) is 0 Å². The number of nitro groups is 1. The van der Waals surface area contributed by atoms with Crippen LogP contribution in [0.5, 0.6) is 0 Å². The van der Waals surface area contributed by atoms with Gasteiger partial charge >= 0.3 is 5.97 Å². The van der Waals surface area contributed by atoms with Crippen LogP contribution in [0.4, 0.5) is 11.4 Å². The van der Waals surface area contributed by atoms with Gasteiger partial charge in [0.05, 0.1) is 17.2 Å². The van der Waals surface area contributed by atoms with Gasteiger partial charge in [0.2, 0.25) is 0 Å². The van der Waals surface area contributed by atoms with Crippen LogP contribution in [0.1, 0.15) is 6.92 Å². The monoisotopic (exact) mass is 398 g/mol. The second-order valence-corrected chi connectivity index (χ2v) is 7.29. The van der Waals surface area contributed by atoms with Crippen LogP contribution in [0, 0.1) is 10.1 Å². The standard InChI is InChI=1S/C16H15ClN2O6S/c1-2-25-16(20)11-18(13-7-5-6-12(17)10-13)26(23,24)15-9-4-3-8-14(15)19(21)22/h3-10H,2,11H2,1H3. The van der Waals surface area contributed by atoms with Crippen molar-refractivity contribution in [1.29, 1.82) is 0 Å². The Morgan fingerprint density at radius 3 is 2.54 bits per heavy atom. The van der Waals surface area contributed by atoms with Crippen molar-refractivity contribution in [1.82, 2.24) is 0 Å². The molecule has 26 heavy (non-hydrogen) atoms. The Kier molecular flexibility index (Phi) is 6.17. The SMILES string of the molecule is CCOC(=O)CN(c1cccc(Cl)c1)S(=O)(=O)c1ccccc1[N+](=O)[O-]. The Bertz CT molecular complexity index is 932. The van der Waals surface area contributed by atoms with Crippen LogP contribution in [-0.2, 0) is 19.6 Å². The van der Waals surface area contributed by atoms with Gasteiger partial charge in [-0.25, -0.2) is 8.42 Å². The first-order valence-corrected chi connectivity index (χ1v) is 9.26. The molecule has 138 valence electrons. The lowest BCUT2D eigenvalue weighted by atomic mass is 10.3. The van der Waals surface area contributed by atoms with E-state index in [-0.39, 0.29) is 17.3 Å². The number of carbonyl (C=O) groups excluding carboxylic acids is 1. The summed E-state index contributed by atoms with van der Waals surface area (Å²) in [5.74, 6) is -0.797. The van der Waals surface area contributed by atoms with E-state index in [0.717, 1.165) is 16.4 Å². The molecule has 8 nitrogen and oxygen atoms in total. The van der Waals surface area contributed by atoms with E-state index in [2.05, 4.69) is 0 Å². The molecule has 0 spiro atoms. The highest BCUT2D eigenvalue weighted by Gasteiger charge is 2.33. The molecule has 0 aromatic heterocycles. The molecule has 0 unspecified atom stereocenters. The minimum Gasteiger partial charge on any atom is -0.465 e. The number of sulfonamides is 1. The fourth-order valence-electron chi connectivity index (χ4n) is 2.22. The van der Waals surface area contributed by atoms with Gasteiger partial charge in [-0.3, -0.25) is 19.2 Å². The average molecular weight is 399 g/mol. The first-order valence-electron chi connectivity index (χ1n) is 7.44. The fraction of sp³-hybridized carbons (Fsp3) is 0.188. The van der Waals surface area contributed by atoms with Crippen molar-refractivity contribution in [2.75, 3.05) is 17.5 Å². The van der Waals surface area contributed by atoms with E-state index in [1.165, 1.54) is 36.4 Å². The van der Waals surface area contributed by atoms with E-state index >= 15 is 0 Å². The number of nitrogens with zero attached hydrogens (tertiary/aromatic N) is 2. The smallest absolute Gasteiger partial charge is 0.326 e. The minimum absolute atomic E-state index is 0.0632. The lowest BCUT2D eigenvalue weighted by Gasteiger charge is -2.23. The van der Waals surface area contributed by atoms with Crippen molar-refractivity contribution in [2.24, 2.45) is 0 Å². The molecule has 0 aliphatic rings. The van der Waals surface area contributed by atoms with Gasteiger partial charge in [0.1, 0.15) is 6.54 Å². The van der Waals surface area contributed by atoms with Crippen LogP contribution >= 0.6 is 11.6 Å². The Hall–Kier alpha value is -2.65. The highest BCUT2D eigenvalue weighted by atomic mass is 35.5. The van der Waals surface area contributed by atoms with Gasteiger partial charge < -0.3 is 4.74 Å². The summed E-state index contributed by atoms with van der Waals surface area (Å²) in [6.07, 6.45) is 0. The van der Waals surface area contributed by atoms with E-state index < -0.39 is 38.0 Å². The van der Waals surface area contributed by atoms with E-state index in [0.29, 0.717) is 0 Å². The number of esters is 1. The quantitative estimate of drug-likeness (QED) is 0.403. The molecule has 0 amide bonds. The molecule has 0 aliphatic heterocycles. The van der Waals surface area contributed by atoms with E-state index in [1.807, 2.05) is 0 Å². The van der Waals surface area contributed by atoms with Gasteiger partial charge in [0.15, 0.2) is 4.90 Å². The molecule has 2 rings (SSSR count). The molecule has 0 atom stereocenters. The fourth-order valence-corrected chi connectivity index (χ4v) is 3.96. The van der Waals surface area contributed by atoms with Crippen LogP contribution < -0.4 is 4.31 Å². The van der Waals surface area contributed by atoms with Gasteiger partial charge in [0, 0.05) is 11.1 Å². The van der Waals surface area contributed by atoms with E-state index in [4.69, 9.17) is 16.3 Å². The molecular formula is C16H15ClN2O6S. The lowest BCUT2D eigenvalue weighted by Crippen LogP contribution is -2.37.